The summed E-state index contributed by atoms with van der Waals surface area (Å²) in [5.41, 5.74) is -0.771. The summed E-state index contributed by atoms with van der Waals surface area (Å²) in [5, 5.41) is 3.07. The van der Waals surface area contributed by atoms with Crippen LogP contribution in [-0.4, -0.2) is 12.6 Å². The van der Waals surface area contributed by atoms with Gasteiger partial charge in [0.05, 0.1) is 5.56 Å². The maximum absolute atomic E-state index is 13.0. The molecule has 0 aromatic heterocycles. The number of benzene rings is 1. The summed E-state index contributed by atoms with van der Waals surface area (Å²) in [6, 6.07) is 2.77. The summed E-state index contributed by atoms with van der Waals surface area (Å²) in [6.07, 6.45) is -1.40. The second kappa shape index (κ2) is 6.00. The Morgan fingerprint density at radius 3 is 2.44 bits per heavy atom. The van der Waals surface area contributed by atoms with E-state index in [1.807, 2.05) is 13.8 Å². The fraction of sp³-hybridized carbons (Fsp3) is 0.385. The van der Waals surface area contributed by atoms with E-state index in [4.69, 9.17) is 0 Å². The Morgan fingerprint density at radius 2 is 1.89 bits per heavy atom. The van der Waals surface area contributed by atoms with Gasteiger partial charge in [-0.05, 0) is 23.8 Å². The Morgan fingerprint density at radius 1 is 1.22 bits per heavy atom. The third kappa shape index (κ3) is 4.87. The Balaban J connectivity index is 2.81. The van der Waals surface area contributed by atoms with Crippen LogP contribution in [0.25, 0.3) is 6.08 Å². The molecule has 0 unspecified atom stereocenters. The second-order valence-electron chi connectivity index (χ2n) is 4.24. The highest BCUT2D eigenvalue weighted by Gasteiger charge is 2.31. The monoisotopic (exact) mass is 261 g/mol. The van der Waals surface area contributed by atoms with E-state index in [-0.39, 0.29) is 11.6 Å². The molecule has 0 spiro atoms. The molecule has 1 N–H and O–H groups in total. The number of alkyl halides is 3. The first-order chi connectivity index (χ1) is 8.29. The van der Waals surface area contributed by atoms with Crippen LogP contribution in [-0.2, 0) is 6.18 Å². The minimum absolute atomic E-state index is 0.202. The molecule has 0 heterocycles. The summed E-state index contributed by atoms with van der Waals surface area (Å²) >= 11 is 0. The Labute approximate surface area is 104 Å². The van der Waals surface area contributed by atoms with Crippen LogP contribution in [0.4, 0.5) is 17.6 Å². The quantitative estimate of drug-likeness (QED) is 0.812. The number of halogens is 4. The molecule has 1 aromatic rings. The molecule has 0 radical (unpaired) electrons. The molecular weight excluding hydrogens is 246 g/mol. The molecule has 0 aliphatic heterocycles. The van der Waals surface area contributed by atoms with Gasteiger partial charge in [0.1, 0.15) is 5.82 Å². The fourth-order valence-electron chi connectivity index (χ4n) is 1.37. The molecule has 0 aliphatic rings. The largest absolute Gasteiger partial charge is 0.416 e. The highest BCUT2D eigenvalue weighted by molar-refractivity contribution is 5.51. The van der Waals surface area contributed by atoms with Gasteiger partial charge in [-0.1, -0.05) is 26.0 Å². The average Bonchev–Trinajstić information content (AvgIpc) is 2.22. The van der Waals surface area contributed by atoms with Crippen LogP contribution in [0, 0.1) is 5.82 Å². The third-order valence-corrected chi connectivity index (χ3v) is 2.20. The lowest BCUT2D eigenvalue weighted by molar-refractivity contribution is -0.137. The van der Waals surface area contributed by atoms with Crippen molar-refractivity contribution >= 4 is 6.08 Å². The predicted molar refractivity (Wildman–Crippen MR) is 63.6 cm³/mol. The Kier molecular flexibility index (Phi) is 4.90. The van der Waals surface area contributed by atoms with Crippen molar-refractivity contribution < 1.29 is 17.6 Å². The standard InChI is InChI=1S/C13H15F4N/c1-9(2)18-5-3-4-10-6-11(13(15,16)17)8-12(14)7-10/h3-4,6-9,18H,5H2,1-2H3/b4-3+. The highest BCUT2D eigenvalue weighted by Crippen LogP contribution is 2.30. The van der Waals surface area contributed by atoms with Crippen LogP contribution >= 0.6 is 0 Å². The van der Waals surface area contributed by atoms with E-state index in [9.17, 15) is 17.6 Å². The van der Waals surface area contributed by atoms with Crippen molar-refractivity contribution in [3.63, 3.8) is 0 Å². The van der Waals surface area contributed by atoms with Crippen molar-refractivity contribution in [1.29, 1.82) is 0 Å². The predicted octanol–water partition coefficient (Wildman–Crippen LogP) is 3.86. The van der Waals surface area contributed by atoms with E-state index in [2.05, 4.69) is 5.32 Å². The molecule has 0 saturated carbocycles. The minimum atomic E-state index is -4.53. The highest BCUT2D eigenvalue weighted by atomic mass is 19.4. The van der Waals surface area contributed by atoms with Crippen LogP contribution < -0.4 is 5.32 Å². The van der Waals surface area contributed by atoms with E-state index in [1.54, 1.807) is 6.08 Å². The molecule has 100 valence electrons. The van der Waals surface area contributed by atoms with Crippen molar-refractivity contribution in [2.75, 3.05) is 6.54 Å². The second-order valence-corrected chi connectivity index (χ2v) is 4.24. The maximum atomic E-state index is 13.0. The summed E-state index contributed by atoms with van der Waals surface area (Å²) < 4.78 is 50.4. The van der Waals surface area contributed by atoms with Crippen LogP contribution in [0.15, 0.2) is 24.3 Å². The van der Waals surface area contributed by atoms with E-state index in [0.29, 0.717) is 12.6 Å². The van der Waals surface area contributed by atoms with Crippen LogP contribution in [0.5, 0.6) is 0 Å². The lowest BCUT2D eigenvalue weighted by Crippen LogP contribution is -2.22. The van der Waals surface area contributed by atoms with Crippen molar-refractivity contribution in [2.45, 2.75) is 26.1 Å². The molecule has 0 aliphatic carbocycles. The zero-order valence-electron chi connectivity index (χ0n) is 10.2. The normalized spacial score (nSPS) is 12.6. The summed E-state index contributed by atoms with van der Waals surface area (Å²) in [4.78, 5) is 0. The molecule has 0 atom stereocenters. The van der Waals surface area contributed by atoms with Crippen molar-refractivity contribution in [2.24, 2.45) is 0 Å². The van der Waals surface area contributed by atoms with Gasteiger partial charge < -0.3 is 5.32 Å². The smallest absolute Gasteiger partial charge is 0.311 e. The van der Waals surface area contributed by atoms with Gasteiger partial charge in [0, 0.05) is 12.6 Å². The lowest BCUT2D eigenvalue weighted by atomic mass is 10.1. The number of rotatable bonds is 4. The number of hydrogen-bond donors (Lipinski definition) is 1. The van der Waals surface area contributed by atoms with E-state index >= 15 is 0 Å². The molecule has 0 bridgehead atoms. The third-order valence-electron chi connectivity index (χ3n) is 2.20. The van der Waals surface area contributed by atoms with Gasteiger partial charge in [-0.3, -0.25) is 0 Å². The number of hydrogen-bond acceptors (Lipinski definition) is 1. The molecule has 1 aromatic carbocycles. The molecule has 0 fully saturated rings. The molecular formula is C13H15F4N. The topological polar surface area (TPSA) is 12.0 Å². The van der Waals surface area contributed by atoms with Gasteiger partial charge >= 0.3 is 6.18 Å². The van der Waals surface area contributed by atoms with Crippen molar-refractivity contribution in [3.8, 4) is 0 Å². The molecule has 18 heavy (non-hydrogen) atoms. The van der Waals surface area contributed by atoms with Gasteiger partial charge in [0.15, 0.2) is 0 Å². The van der Waals surface area contributed by atoms with Crippen molar-refractivity contribution in [1.82, 2.24) is 5.32 Å². The summed E-state index contributed by atoms with van der Waals surface area (Å²) in [7, 11) is 0. The lowest BCUT2D eigenvalue weighted by Gasteiger charge is -2.08. The van der Waals surface area contributed by atoms with E-state index < -0.39 is 17.6 Å². The van der Waals surface area contributed by atoms with Crippen LogP contribution in [0.3, 0.4) is 0 Å². The first-order valence-electron chi connectivity index (χ1n) is 5.57. The van der Waals surface area contributed by atoms with Gasteiger partial charge in [0.25, 0.3) is 0 Å². The maximum Gasteiger partial charge on any atom is 0.416 e. The molecule has 5 heteroatoms. The zero-order valence-corrected chi connectivity index (χ0v) is 10.2. The SMILES string of the molecule is CC(C)NC/C=C/c1cc(F)cc(C(F)(F)F)c1. The average molecular weight is 261 g/mol. The molecule has 0 saturated heterocycles. The first-order valence-corrected chi connectivity index (χ1v) is 5.57. The Bertz CT molecular complexity index is 421. The minimum Gasteiger partial charge on any atom is -0.311 e. The zero-order chi connectivity index (χ0) is 13.8. The van der Waals surface area contributed by atoms with Crippen LogP contribution in [0.2, 0.25) is 0 Å². The van der Waals surface area contributed by atoms with Crippen LogP contribution in [0.1, 0.15) is 25.0 Å². The van der Waals surface area contributed by atoms with Gasteiger partial charge in [-0.25, -0.2) is 4.39 Å². The number of nitrogens with one attached hydrogen (secondary N) is 1. The molecule has 1 rings (SSSR count). The molecule has 0 amide bonds. The van der Waals surface area contributed by atoms with E-state index in [1.165, 1.54) is 6.08 Å². The molecule has 1 nitrogen and oxygen atoms in total. The first kappa shape index (κ1) is 14.7. The summed E-state index contributed by atoms with van der Waals surface area (Å²) in [6.45, 7) is 4.44. The van der Waals surface area contributed by atoms with E-state index in [0.717, 1.165) is 12.1 Å². The fourth-order valence-corrected chi connectivity index (χ4v) is 1.37. The Hall–Kier alpha value is -1.36. The van der Waals surface area contributed by atoms with Gasteiger partial charge in [0.2, 0.25) is 0 Å². The summed E-state index contributed by atoms with van der Waals surface area (Å²) in [5.74, 6) is -0.888. The van der Waals surface area contributed by atoms with Gasteiger partial charge in [-0.15, -0.1) is 0 Å². The van der Waals surface area contributed by atoms with Crippen molar-refractivity contribution in [3.05, 3.63) is 41.2 Å². The van der Waals surface area contributed by atoms with Gasteiger partial charge in [-0.2, -0.15) is 13.2 Å².